The SMILES string of the molecule is CN[C@H]1CC[C@]23C[C@]24CC[C@]2(C)[C@@H]([C@H](C)N(C)C(C)=O)CC[C@@]2(C)[C@@H]4CC[C@H]3C1(C)C. The summed E-state index contributed by atoms with van der Waals surface area (Å²) in [6, 6.07) is 1.04. The van der Waals surface area contributed by atoms with Crippen LogP contribution in [0.2, 0.25) is 0 Å². The van der Waals surface area contributed by atoms with E-state index in [1.165, 1.54) is 57.8 Å². The quantitative estimate of drug-likeness (QED) is 0.609. The highest BCUT2D eigenvalue weighted by Crippen LogP contribution is 2.88. The minimum absolute atomic E-state index is 0.224. The molecule has 0 radical (unpaired) electrons. The van der Waals surface area contributed by atoms with Gasteiger partial charge in [0.1, 0.15) is 0 Å². The van der Waals surface area contributed by atoms with Crippen molar-refractivity contribution >= 4 is 5.91 Å². The molecule has 1 amide bonds. The zero-order valence-electron chi connectivity index (χ0n) is 21.6. The Bertz CT molecular complexity index is 777. The Balaban J connectivity index is 1.47. The number of rotatable bonds is 3. The van der Waals surface area contributed by atoms with Crippen LogP contribution in [-0.4, -0.2) is 37.0 Å². The van der Waals surface area contributed by atoms with Gasteiger partial charge in [0.25, 0.3) is 0 Å². The molecule has 5 rings (SSSR count). The Hall–Kier alpha value is -0.570. The zero-order valence-corrected chi connectivity index (χ0v) is 21.6. The number of hydrogen-bond acceptors (Lipinski definition) is 2. The highest BCUT2D eigenvalue weighted by Gasteiger charge is 2.82. The summed E-state index contributed by atoms with van der Waals surface area (Å²) in [6.07, 6.45) is 12.8. The van der Waals surface area contributed by atoms with E-state index >= 15 is 0 Å². The topological polar surface area (TPSA) is 32.3 Å². The second kappa shape index (κ2) is 6.51. The molecule has 9 atom stereocenters. The molecule has 5 aliphatic carbocycles. The molecule has 0 heterocycles. The van der Waals surface area contributed by atoms with E-state index in [9.17, 15) is 4.79 Å². The van der Waals surface area contributed by atoms with Crippen molar-refractivity contribution in [3.05, 3.63) is 0 Å². The molecule has 31 heavy (non-hydrogen) atoms. The van der Waals surface area contributed by atoms with Crippen molar-refractivity contribution in [1.29, 1.82) is 0 Å². The van der Waals surface area contributed by atoms with Crippen LogP contribution in [0.25, 0.3) is 0 Å². The second-order valence-electron chi connectivity index (χ2n) is 13.7. The van der Waals surface area contributed by atoms with Gasteiger partial charge >= 0.3 is 0 Å². The standard InChI is InChI=1S/C28H48N2O/c1-18(30(8)19(2)31)20-11-13-26(6)22-10-9-21-24(3,4)23(29-7)12-14-27(21)17-28(22,27)16-15-25(20,26)5/h18,20-23,29H,9-17H2,1-8H3/t18-,20+,21-,22-,23-,25+,26-,27+,28-/m0/s1. The molecule has 176 valence electrons. The predicted octanol–water partition coefficient (Wildman–Crippen LogP) is 5.88. The van der Waals surface area contributed by atoms with Crippen molar-refractivity contribution < 1.29 is 4.79 Å². The highest BCUT2D eigenvalue weighted by atomic mass is 16.2. The van der Waals surface area contributed by atoms with Crippen LogP contribution in [0.5, 0.6) is 0 Å². The van der Waals surface area contributed by atoms with E-state index in [0.717, 1.165) is 11.8 Å². The molecule has 5 fully saturated rings. The first-order chi connectivity index (χ1) is 14.4. The molecular weight excluding hydrogens is 380 g/mol. The van der Waals surface area contributed by atoms with Crippen LogP contribution in [0.4, 0.5) is 0 Å². The van der Waals surface area contributed by atoms with E-state index < -0.39 is 0 Å². The average molecular weight is 429 g/mol. The molecular formula is C28H48N2O. The molecule has 0 saturated heterocycles. The monoisotopic (exact) mass is 428 g/mol. The van der Waals surface area contributed by atoms with E-state index in [4.69, 9.17) is 0 Å². The summed E-state index contributed by atoms with van der Waals surface area (Å²) >= 11 is 0. The van der Waals surface area contributed by atoms with Crippen molar-refractivity contribution in [1.82, 2.24) is 10.2 Å². The first-order valence-corrected chi connectivity index (χ1v) is 13.3. The summed E-state index contributed by atoms with van der Waals surface area (Å²) in [5, 5.41) is 3.69. The third kappa shape index (κ3) is 2.43. The van der Waals surface area contributed by atoms with Gasteiger partial charge in [0.2, 0.25) is 5.91 Å². The fourth-order valence-corrected chi connectivity index (χ4v) is 11.3. The molecule has 5 saturated carbocycles. The van der Waals surface area contributed by atoms with E-state index in [1.807, 2.05) is 11.9 Å². The Labute approximate surface area is 191 Å². The normalized spacial score (nSPS) is 52.9. The highest BCUT2D eigenvalue weighted by molar-refractivity contribution is 5.73. The average Bonchev–Trinajstić information content (AvgIpc) is 3.29. The lowest BCUT2D eigenvalue weighted by atomic mass is 9.42. The first-order valence-electron chi connectivity index (χ1n) is 13.3. The molecule has 3 heteroatoms. The Morgan fingerprint density at radius 2 is 1.55 bits per heavy atom. The number of carbonyl (C=O) groups excluding carboxylic acids is 1. The van der Waals surface area contributed by atoms with Gasteiger partial charge < -0.3 is 10.2 Å². The van der Waals surface area contributed by atoms with Crippen LogP contribution >= 0.6 is 0 Å². The van der Waals surface area contributed by atoms with Crippen molar-refractivity contribution in [2.24, 2.45) is 44.8 Å². The molecule has 2 spiro atoms. The fourth-order valence-electron chi connectivity index (χ4n) is 11.3. The summed E-state index contributed by atoms with van der Waals surface area (Å²) < 4.78 is 0. The molecule has 5 aliphatic rings. The summed E-state index contributed by atoms with van der Waals surface area (Å²) in [7, 11) is 4.21. The van der Waals surface area contributed by atoms with Gasteiger partial charge in [0.05, 0.1) is 0 Å². The van der Waals surface area contributed by atoms with Crippen molar-refractivity contribution in [3.63, 3.8) is 0 Å². The smallest absolute Gasteiger partial charge is 0.219 e. The van der Waals surface area contributed by atoms with Gasteiger partial charge in [0, 0.05) is 26.1 Å². The Morgan fingerprint density at radius 3 is 2.19 bits per heavy atom. The molecule has 1 N–H and O–H groups in total. The summed E-state index contributed by atoms with van der Waals surface area (Å²) in [5.41, 5.74) is 2.50. The van der Waals surface area contributed by atoms with Gasteiger partial charge in [0.15, 0.2) is 0 Å². The minimum Gasteiger partial charge on any atom is -0.343 e. The van der Waals surface area contributed by atoms with Crippen molar-refractivity contribution in [3.8, 4) is 0 Å². The maximum atomic E-state index is 12.2. The number of hydrogen-bond donors (Lipinski definition) is 1. The fraction of sp³-hybridized carbons (Fsp3) is 0.964. The Morgan fingerprint density at radius 1 is 0.903 bits per heavy atom. The maximum absolute atomic E-state index is 12.2. The number of carbonyl (C=O) groups is 1. The molecule has 3 nitrogen and oxygen atoms in total. The van der Waals surface area contributed by atoms with Crippen molar-refractivity contribution in [2.75, 3.05) is 14.1 Å². The van der Waals surface area contributed by atoms with Crippen LogP contribution in [0.1, 0.15) is 99.3 Å². The van der Waals surface area contributed by atoms with Gasteiger partial charge in [-0.2, -0.15) is 0 Å². The minimum atomic E-state index is 0.224. The summed E-state index contributed by atoms with van der Waals surface area (Å²) in [4.78, 5) is 14.2. The molecule has 0 aliphatic heterocycles. The van der Waals surface area contributed by atoms with Crippen LogP contribution < -0.4 is 5.32 Å². The maximum Gasteiger partial charge on any atom is 0.219 e. The van der Waals surface area contributed by atoms with E-state index in [-0.39, 0.29) is 5.91 Å². The van der Waals surface area contributed by atoms with Crippen LogP contribution in [0.3, 0.4) is 0 Å². The number of fused-ring (bicyclic) bond motifs is 2. The van der Waals surface area contributed by atoms with Crippen LogP contribution in [0, 0.1) is 44.8 Å². The number of nitrogens with zero attached hydrogens (tertiary/aromatic N) is 1. The lowest BCUT2D eigenvalue weighted by Crippen LogP contribution is -2.59. The third-order valence-corrected chi connectivity index (χ3v) is 13.2. The van der Waals surface area contributed by atoms with E-state index in [1.54, 1.807) is 6.92 Å². The number of amides is 1. The number of nitrogens with one attached hydrogen (secondary N) is 1. The van der Waals surface area contributed by atoms with Crippen LogP contribution in [0.15, 0.2) is 0 Å². The van der Waals surface area contributed by atoms with Gasteiger partial charge in [-0.1, -0.05) is 27.7 Å². The van der Waals surface area contributed by atoms with Crippen LogP contribution in [-0.2, 0) is 4.79 Å². The molecule has 0 unspecified atom stereocenters. The van der Waals surface area contributed by atoms with E-state index in [2.05, 4.69) is 47.0 Å². The molecule has 0 aromatic heterocycles. The molecule has 0 aromatic rings. The Kier molecular flexibility index (Phi) is 4.67. The molecule has 0 aromatic carbocycles. The third-order valence-electron chi connectivity index (χ3n) is 13.2. The molecule has 0 bridgehead atoms. The summed E-state index contributed by atoms with van der Waals surface area (Å²) in [5.74, 6) is 2.67. The lowest BCUT2D eigenvalue weighted by molar-refractivity contribution is -0.150. The van der Waals surface area contributed by atoms with Gasteiger partial charge in [-0.15, -0.1) is 0 Å². The zero-order chi connectivity index (χ0) is 22.6. The first kappa shape index (κ1) is 22.2. The van der Waals surface area contributed by atoms with Gasteiger partial charge in [-0.25, -0.2) is 0 Å². The predicted molar refractivity (Wildman–Crippen MR) is 128 cm³/mol. The summed E-state index contributed by atoms with van der Waals surface area (Å²) in [6.45, 7) is 14.5. The second-order valence-corrected chi connectivity index (χ2v) is 13.7. The largest absolute Gasteiger partial charge is 0.343 e. The van der Waals surface area contributed by atoms with Gasteiger partial charge in [-0.05, 0) is 117 Å². The van der Waals surface area contributed by atoms with E-state index in [0.29, 0.717) is 45.1 Å². The lowest BCUT2D eigenvalue weighted by Gasteiger charge is -2.63. The van der Waals surface area contributed by atoms with Crippen molar-refractivity contribution in [2.45, 2.75) is 111 Å². The van der Waals surface area contributed by atoms with Gasteiger partial charge in [-0.3, -0.25) is 4.79 Å².